The number of anilines is 1. The maximum absolute atomic E-state index is 12.9. The summed E-state index contributed by atoms with van der Waals surface area (Å²) in [4.78, 5) is 49.3. The van der Waals surface area contributed by atoms with Crippen LogP contribution in [0.3, 0.4) is 0 Å². The first-order chi connectivity index (χ1) is 14.8. The minimum absolute atomic E-state index is 0.221. The number of ether oxygens (including phenoxy) is 2. The number of imide groups is 2. The van der Waals surface area contributed by atoms with Gasteiger partial charge in [-0.1, -0.05) is 23.7 Å². The molecule has 0 spiro atoms. The maximum Gasteiger partial charge on any atom is 0.335 e. The first-order valence-electron chi connectivity index (χ1n) is 9.15. The molecule has 5 amide bonds. The van der Waals surface area contributed by atoms with Gasteiger partial charge in [0.2, 0.25) is 0 Å². The number of hydrogen-bond acceptors (Lipinski definition) is 6. The molecule has 0 unspecified atom stereocenters. The average Bonchev–Trinajstić information content (AvgIpc) is 2.70. The molecule has 0 atom stereocenters. The molecule has 1 fully saturated rings. The summed E-state index contributed by atoms with van der Waals surface area (Å²) < 4.78 is 10.8. The predicted octanol–water partition coefficient (Wildman–Crippen LogP) is 2.27. The van der Waals surface area contributed by atoms with Gasteiger partial charge in [-0.15, -0.1) is 0 Å². The number of halogens is 1. The van der Waals surface area contributed by atoms with Crippen LogP contribution in [0.25, 0.3) is 6.08 Å². The number of hydrogen-bond donors (Lipinski definition) is 2. The van der Waals surface area contributed by atoms with Crippen molar-refractivity contribution in [2.24, 2.45) is 5.73 Å². The third-order valence-corrected chi connectivity index (χ3v) is 4.35. The molecule has 0 aliphatic carbocycles. The minimum atomic E-state index is -0.875. The summed E-state index contributed by atoms with van der Waals surface area (Å²) in [5.41, 5.74) is 5.50. The highest BCUT2D eigenvalue weighted by Gasteiger charge is 2.36. The van der Waals surface area contributed by atoms with E-state index in [1.807, 2.05) is 0 Å². The van der Waals surface area contributed by atoms with Crippen molar-refractivity contribution in [1.29, 1.82) is 0 Å². The van der Waals surface area contributed by atoms with Crippen LogP contribution in [0, 0.1) is 0 Å². The third-order valence-electron chi connectivity index (χ3n) is 4.12. The highest BCUT2D eigenvalue weighted by Crippen LogP contribution is 2.30. The molecule has 2 aromatic rings. The van der Waals surface area contributed by atoms with Crippen LogP contribution in [0.1, 0.15) is 12.5 Å². The first kappa shape index (κ1) is 21.8. The van der Waals surface area contributed by atoms with E-state index in [1.54, 1.807) is 25.1 Å². The largest absolute Gasteiger partial charge is 0.490 e. The van der Waals surface area contributed by atoms with E-state index in [-0.39, 0.29) is 23.6 Å². The van der Waals surface area contributed by atoms with E-state index < -0.39 is 23.8 Å². The van der Waals surface area contributed by atoms with Gasteiger partial charge in [-0.05, 0) is 48.9 Å². The second-order valence-electron chi connectivity index (χ2n) is 6.33. The van der Waals surface area contributed by atoms with Crippen LogP contribution in [0.4, 0.5) is 10.5 Å². The van der Waals surface area contributed by atoms with Crippen LogP contribution in [-0.4, -0.2) is 37.0 Å². The van der Waals surface area contributed by atoms with Gasteiger partial charge in [-0.2, -0.15) is 0 Å². The second-order valence-corrected chi connectivity index (χ2v) is 6.77. The Morgan fingerprint density at radius 3 is 2.58 bits per heavy atom. The zero-order valence-electron chi connectivity index (χ0n) is 16.4. The highest BCUT2D eigenvalue weighted by atomic mass is 35.5. The van der Waals surface area contributed by atoms with Crippen LogP contribution in [-0.2, 0) is 14.4 Å². The Balaban J connectivity index is 1.96. The van der Waals surface area contributed by atoms with E-state index in [1.165, 1.54) is 30.3 Å². The Kier molecular flexibility index (Phi) is 6.56. The molecule has 3 rings (SSSR count). The summed E-state index contributed by atoms with van der Waals surface area (Å²) in [5, 5.41) is 2.47. The molecule has 160 valence electrons. The number of nitrogens with two attached hydrogens (primary N) is 1. The van der Waals surface area contributed by atoms with Crippen molar-refractivity contribution in [3.05, 3.63) is 58.6 Å². The van der Waals surface area contributed by atoms with Crippen molar-refractivity contribution in [2.75, 3.05) is 18.1 Å². The second kappa shape index (κ2) is 9.31. The Morgan fingerprint density at radius 2 is 1.90 bits per heavy atom. The van der Waals surface area contributed by atoms with Crippen LogP contribution in [0.15, 0.2) is 48.0 Å². The van der Waals surface area contributed by atoms with E-state index in [2.05, 4.69) is 5.32 Å². The van der Waals surface area contributed by atoms with Gasteiger partial charge in [-0.25, -0.2) is 9.69 Å². The summed E-state index contributed by atoms with van der Waals surface area (Å²) in [6.07, 6.45) is 1.32. The zero-order chi connectivity index (χ0) is 22.5. The summed E-state index contributed by atoms with van der Waals surface area (Å²) in [6, 6.07) is 9.87. The molecule has 2 aromatic carbocycles. The third kappa shape index (κ3) is 5.01. The summed E-state index contributed by atoms with van der Waals surface area (Å²) in [6.45, 7) is 1.73. The topological polar surface area (TPSA) is 128 Å². The number of urea groups is 1. The molecule has 1 aliphatic heterocycles. The van der Waals surface area contributed by atoms with E-state index in [0.717, 1.165) is 4.90 Å². The van der Waals surface area contributed by atoms with Crippen LogP contribution >= 0.6 is 11.6 Å². The molecular weight excluding hydrogens is 426 g/mol. The summed E-state index contributed by atoms with van der Waals surface area (Å²) in [5.74, 6) is -1.71. The number of benzene rings is 2. The number of nitrogens with zero attached hydrogens (tertiary/aromatic N) is 1. The van der Waals surface area contributed by atoms with Crippen molar-refractivity contribution in [2.45, 2.75) is 6.92 Å². The normalized spacial score (nSPS) is 15.1. The molecule has 9 nitrogen and oxygen atoms in total. The maximum atomic E-state index is 12.9. The standard InChI is InChI=1S/C21H18ClN3O6/c1-2-30-17-9-12(6-7-16(17)31-11-18(23)26)8-15-19(27)24-21(29)25(20(15)28)14-5-3-4-13(22)10-14/h3-10H,2,11H2,1H3,(H2,23,26)(H,24,27,29)/b15-8+. The van der Waals surface area contributed by atoms with E-state index >= 15 is 0 Å². The number of primary amides is 1. The molecule has 1 heterocycles. The van der Waals surface area contributed by atoms with E-state index in [0.29, 0.717) is 22.9 Å². The lowest BCUT2D eigenvalue weighted by Crippen LogP contribution is -2.54. The lowest BCUT2D eigenvalue weighted by Gasteiger charge is -2.26. The lowest BCUT2D eigenvalue weighted by molar-refractivity contribution is -0.123. The molecule has 31 heavy (non-hydrogen) atoms. The molecule has 0 saturated carbocycles. The van der Waals surface area contributed by atoms with Gasteiger partial charge in [0.05, 0.1) is 12.3 Å². The molecule has 0 bridgehead atoms. The van der Waals surface area contributed by atoms with Crippen molar-refractivity contribution in [3.8, 4) is 11.5 Å². The van der Waals surface area contributed by atoms with Crippen molar-refractivity contribution in [3.63, 3.8) is 0 Å². The number of rotatable bonds is 7. The van der Waals surface area contributed by atoms with Gasteiger partial charge in [0.1, 0.15) is 5.57 Å². The van der Waals surface area contributed by atoms with Gasteiger partial charge >= 0.3 is 6.03 Å². The highest BCUT2D eigenvalue weighted by molar-refractivity contribution is 6.39. The first-order valence-corrected chi connectivity index (χ1v) is 9.53. The smallest absolute Gasteiger partial charge is 0.335 e. The predicted molar refractivity (Wildman–Crippen MR) is 113 cm³/mol. The Bertz CT molecular complexity index is 1100. The Morgan fingerprint density at radius 1 is 1.13 bits per heavy atom. The molecule has 1 aliphatic rings. The molecule has 3 N–H and O–H groups in total. The number of nitrogens with one attached hydrogen (secondary N) is 1. The quantitative estimate of drug-likeness (QED) is 0.499. The number of carbonyl (C=O) groups excluding carboxylic acids is 4. The number of barbiturate groups is 1. The molecule has 0 radical (unpaired) electrons. The minimum Gasteiger partial charge on any atom is -0.490 e. The van der Waals surface area contributed by atoms with Gasteiger partial charge in [0.25, 0.3) is 17.7 Å². The Labute approximate surface area is 182 Å². The lowest BCUT2D eigenvalue weighted by atomic mass is 10.1. The number of carbonyl (C=O) groups is 4. The fraction of sp³-hybridized carbons (Fsp3) is 0.143. The SMILES string of the molecule is CCOc1cc(/C=C2\C(=O)NC(=O)N(c3cccc(Cl)c3)C2=O)ccc1OCC(N)=O. The molecule has 1 saturated heterocycles. The van der Waals surface area contributed by atoms with Gasteiger partial charge in [-0.3, -0.25) is 19.7 Å². The molecular formula is C21H18ClN3O6. The monoisotopic (exact) mass is 443 g/mol. The number of amides is 5. The van der Waals surface area contributed by atoms with Crippen molar-refractivity contribution in [1.82, 2.24) is 5.32 Å². The average molecular weight is 444 g/mol. The van der Waals surface area contributed by atoms with Gasteiger partial charge in [0, 0.05) is 5.02 Å². The molecule has 10 heteroatoms. The summed E-state index contributed by atoms with van der Waals surface area (Å²) >= 11 is 5.96. The van der Waals surface area contributed by atoms with E-state index in [9.17, 15) is 19.2 Å². The molecule has 0 aromatic heterocycles. The van der Waals surface area contributed by atoms with Gasteiger partial charge < -0.3 is 15.2 Å². The van der Waals surface area contributed by atoms with Crippen LogP contribution < -0.4 is 25.4 Å². The van der Waals surface area contributed by atoms with Crippen molar-refractivity contribution >= 4 is 47.1 Å². The zero-order valence-corrected chi connectivity index (χ0v) is 17.1. The van der Waals surface area contributed by atoms with Crippen LogP contribution in [0.2, 0.25) is 5.02 Å². The van der Waals surface area contributed by atoms with E-state index in [4.69, 9.17) is 26.8 Å². The fourth-order valence-corrected chi connectivity index (χ4v) is 3.01. The summed E-state index contributed by atoms with van der Waals surface area (Å²) in [7, 11) is 0. The van der Waals surface area contributed by atoms with Gasteiger partial charge in [0.15, 0.2) is 18.1 Å². The van der Waals surface area contributed by atoms with Crippen LogP contribution in [0.5, 0.6) is 11.5 Å². The van der Waals surface area contributed by atoms with Crippen molar-refractivity contribution < 1.29 is 28.7 Å². The Hall–Kier alpha value is -3.85. The fourth-order valence-electron chi connectivity index (χ4n) is 2.82.